The second kappa shape index (κ2) is 9.07. The van der Waals surface area contributed by atoms with E-state index in [1.165, 1.54) is 19.2 Å². The van der Waals surface area contributed by atoms with Crippen LogP contribution in [-0.4, -0.2) is 31.4 Å². The molecule has 0 heterocycles. The number of benzene rings is 1. The fourth-order valence-corrected chi connectivity index (χ4v) is 3.21. The standard InChI is InChI=1S/C18H23F3N2O4/c1-26-17(25)10-15(23-16(24)9-12-3-2-4-14(12)22)11-5-7-13(8-6-11)27-18(19,20)21/h5-8,12,14-15H,2-4,9-10,22H2,1H3,(H,23,24)/t12-,14+,15?/m0/s1. The summed E-state index contributed by atoms with van der Waals surface area (Å²) in [4.78, 5) is 24.0. The van der Waals surface area contributed by atoms with E-state index in [0.717, 1.165) is 31.4 Å². The van der Waals surface area contributed by atoms with Gasteiger partial charge in [-0.1, -0.05) is 18.6 Å². The molecule has 0 aliphatic heterocycles. The summed E-state index contributed by atoms with van der Waals surface area (Å²) >= 11 is 0. The Hall–Kier alpha value is -2.29. The number of carbonyl (C=O) groups excluding carboxylic acids is 2. The van der Waals surface area contributed by atoms with Crippen molar-refractivity contribution in [3.63, 3.8) is 0 Å². The van der Waals surface area contributed by atoms with Crippen LogP contribution < -0.4 is 15.8 Å². The van der Waals surface area contributed by atoms with Crippen molar-refractivity contribution in [1.82, 2.24) is 5.32 Å². The Bertz CT molecular complexity index is 649. The lowest BCUT2D eigenvalue weighted by molar-refractivity contribution is -0.274. The van der Waals surface area contributed by atoms with Crippen LogP contribution in [0.4, 0.5) is 13.2 Å². The Morgan fingerprint density at radius 2 is 1.93 bits per heavy atom. The van der Waals surface area contributed by atoms with Crippen LogP contribution in [0.3, 0.4) is 0 Å². The lowest BCUT2D eigenvalue weighted by atomic mass is 9.98. The maximum atomic E-state index is 12.4. The molecule has 1 fully saturated rings. The number of ether oxygens (including phenoxy) is 2. The molecule has 0 spiro atoms. The SMILES string of the molecule is COC(=O)CC(NC(=O)C[C@@H]1CCC[C@H]1N)c1ccc(OC(F)(F)F)cc1. The second-order valence-electron chi connectivity index (χ2n) is 6.58. The molecule has 6 nitrogen and oxygen atoms in total. The van der Waals surface area contributed by atoms with Gasteiger partial charge in [0.15, 0.2) is 0 Å². The third-order valence-corrected chi connectivity index (χ3v) is 4.62. The van der Waals surface area contributed by atoms with Gasteiger partial charge < -0.3 is 20.5 Å². The van der Waals surface area contributed by atoms with E-state index in [9.17, 15) is 22.8 Å². The average molecular weight is 388 g/mol. The van der Waals surface area contributed by atoms with Gasteiger partial charge >= 0.3 is 12.3 Å². The van der Waals surface area contributed by atoms with Crippen molar-refractivity contribution in [3.05, 3.63) is 29.8 Å². The first kappa shape index (κ1) is 21.0. The van der Waals surface area contributed by atoms with Crippen molar-refractivity contribution in [2.45, 2.75) is 50.6 Å². The van der Waals surface area contributed by atoms with Crippen molar-refractivity contribution in [2.75, 3.05) is 7.11 Å². The Balaban J connectivity index is 2.06. The summed E-state index contributed by atoms with van der Waals surface area (Å²) in [6.45, 7) is 0. The van der Waals surface area contributed by atoms with Crippen molar-refractivity contribution in [1.29, 1.82) is 0 Å². The highest BCUT2D eigenvalue weighted by Gasteiger charge is 2.31. The summed E-state index contributed by atoms with van der Waals surface area (Å²) in [6.07, 6.45) is -1.96. The number of amides is 1. The van der Waals surface area contributed by atoms with Crippen molar-refractivity contribution in [2.24, 2.45) is 11.7 Å². The van der Waals surface area contributed by atoms with Crippen LogP contribution in [-0.2, 0) is 14.3 Å². The summed E-state index contributed by atoms with van der Waals surface area (Å²) in [7, 11) is 1.22. The molecule has 9 heteroatoms. The van der Waals surface area contributed by atoms with E-state index in [2.05, 4.69) is 14.8 Å². The maximum absolute atomic E-state index is 12.4. The molecule has 0 bridgehead atoms. The molecule has 1 unspecified atom stereocenters. The van der Waals surface area contributed by atoms with Crippen molar-refractivity contribution < 1.29 is 32.2 Å². The second-order valence-corrected chi connectivity index (χ2v) is 6.58. The minimum absolute atomic E-state index is 0.0198. The third kappa shape index (κ3) is 6.74. The van der Waals surface area contributed by atoms with Crippen LogP contribution in [0.25, 0.3) is 0 Å². The number of halogens is 3. The number of hydrogen-bond donors (Lipinski definition) is 2. The van der Waals surface area contributed by atoms with Gasteiger partial charge in [-0.25, -0.2) is 0 Å². The van der Waals surface area contributed by atoms with Crippen molar-refractivity contribution in [3.8, 4) is 5.75 Å². The first-order valence-corrected chi connectivity index (χ1v) is 8.65. The molecule has 0 aromatic heterocycles. The lowest BCUT2D eigenvalue weighted by Gasteiger charge is -2.21. The molecule has 1 aliphatic carbocycles. The van der Waals surface area contributed by atoms with Crippen LogP contribution in [0.5, 0.6) is 5.75 Å². The van der Waals surface area contributed by atoms with Gasteiger partial charge in [-0.3, -0.25) is 9.59 Å². The minimum atomic E-state index is -4.79. The van der Waals surface area contributed by atoms with E-state index in [1.54, 1.807) is 0 Å². The van der Waals surface area contributed by atoms with E-state index in [-0.39, 0.29) is 36.5 Å². The number of alkyl halides is 3. The zero-order valence-electron chi connectivity index (χ0n) is 14.9. The summed E-state index contributed by atoms with van der Waals surface area (Å²) in [5, 5.41) is 2.76. The number of nitrogens with one attached hydrogen (secondary N) is 1. The molecule has 0 saturated heterocycles. The number of esters is 1. The quantitative estimate of drug-likeness (QED) is 0.701. The van der Waals surface area contributed by atoms with E-state index < -0.39 is 18.4 Å². The van der Waals surface area contributed by atoms with Gasteiger partial charge in [0.05, 0.1) is 19.6 Å². The molecule has 1 amide bonds. The van der Waals surface area contributed by atoms with Crippen LogP contribution in [0.2, 0.25) is 0 Å². The molecule has 1 aromatic rings. The molecule has 0 radical (unpaired) electrons. The number of methoxy groups -OCH3 is 1. The fourth-order valence-electron chi connectivity index (χ4n) is 3.21. The summed E-state index contributed by atoms with van der Waals surface area (Å²) in [5.41, 5.74) is 6.45. The Morgan fingerprint density at radius 1 is 1.26 bits per heavy atom. The lowest BCUT2D eigenvalue weighted by Crippen LogP contribution is -2.34. The first-order valence-electron chi connectivity index (χ1n) is 8.65. The largest absolute Gasteiger partial charge is 0.573 e. The topological polar surface area (TPSA) is 90.7 Å². The van der Waals surface area contributed by atoms with E-state index in [4.69, 9.17) is 5.73 Å². The number of hydrogen-bond acceptors (Lipinski definition) is 5. The molecule has 1 aliphatic rings. The van der Waals surface area contributed by atoms with Crippen LogP contribution in [0.15, 0.2) is 24.3 Å². The summed E-state index contributed by atoms with van der Waals surface area (Å²) < 4.78 is 45.3. The minimum Gasteiger partial charge on any atom is -0.469 e. The van der Waals surface area contributed by atoms with E-state index in [1.807, 2.05) is 0 Å². The molecule has 1 aromatic carbocycles. The smallest absolute Gasteiger partial charge is 0.469 e. The number of rotatable bonds is 7. The summed E-state index contributed by atoms with van der Waals surface area (Å²) in [5.74, 6) is -1.10. The molecule has 3 atom stereocenters. The molecule has 2 rings (SSSR count). The predicted octanol–water partition coefficient (Wildman–Crippen LogP) is 2.82. The first-order chi connectivity index (χ1) is 12.7. The van der Waals surface area contributed by atoms with Gasteiger partial charge in [-0.15, -0.1) is 13.2 Å². The van der Waals surface area contributed by atoms with Gasteiger partial charge in [-0.2, -0.15) is 0 Å². The molecule has 1 saturated carbocycles. The van der Waals surface area contributed by atoms with Gasteiger partial charge in [0.1, 0.15) is 5.75 Å². The molecular formula is C18H23F3N2O4. The Labute approximate surface area is 155 Å². The van der Waals surface area contributed by atoms with Crippen LogP contribution >= 0.6 is 0 Å². The zero-order chi connectivity index (χ0) is 20.0. The zero-order valence-corrected chi connectivity index (χ0v) is 14.9. The summed E-state index contributed by atoms with van der Waals surface area (Å²) in [6, 6.07) is 4.27. The molecular weight excluding hydrogens is 365 g/mol. The predicted molar refractivity (Wildman–Crippen MR) is 90.6 cm³/mol. The Morgan fingerprint density at radius 3 is 2.44 bits per heavy atom. The van der Waals surface area contributed by atoms with Gasteiger partial charge in [0.25, 0.3) is 0 Å². The van der Waals surface area contributed by atoms with Crippen LogP contribution in [0.1, 0.15) is 43.7 Å². The Kier molecular flexibility index (Phi) is 7.06. The third-order valence-electron chi connectivity index (χ3n) is 4.62. The van der Waals surface area contributed by atoms with Crippen molar-refractivity contribution >= 4 is 11.9 Å². The van der Waals surface area contributed by atoms with E-state index in [0.29, 0.717) is 5.56 Å². The van der Waals surface area contributed by atoms with Gasteiger partial charge in [0, 0.05) is 12.5 Å². The average Bonchev–Trinajstić information content (AvgIpc) is 2.98. The highest BCUT2D eigenvalue weighted by Crippen LogP contribution is 2.28. The molecule has 150 valence electrons. The van der Waals surface area contributed by atoms with Gasteiger partial charge in [-0.05, 0) is 36.5 Å². The fraction of sp³-hybridized carbons (Fsp3) is 0.556. The highest BCUT2D eigenvalue weighted by molar-refractivity contribution is 5.78. The molecule has 3 N–H and O–H groups in total. The maximum Gasteiger partial charge on any atom is 0.573 e. The highest BCUT2D eigenvalue weighted by atomic mass is 19.4. The van der Waals surface area contributed by atoms with E-state index >= 15 is 0 Å². The monoisotopic (exact) mass is 388 g/mol. The number of nitrogens with two attached hydrogens (primary N) is 1. The van der Waals surface area contributed by atoms with Gasteiger partial charge in [0.2, 0.25) is 5.91 Å². The van der Waals surface area contributed by atoms with Crippen LogP contribution in [0, 0.1) is 5.92 Å². The number of carbonyl (C=O) groups is 2. The normalized spacial score (nSPS) is 20.8. The molecule has 27 heavy (non-hydrogen) atoms.